The summed E-state index contributed by atoms with van der Waals surface area (Å²) in [6.07, 6.45) is 9.90. The molecule has 0 aliphatic heterocycles. The molecule has 12 heavy (non-hydrogen) atoms. The molecule has 0 aromatic heterocycles. The predicted molar refractivity (Wildman–Crippen MR) is 53.1 cm³/mol. The highest BCUT2D eigenvalue weighted by Gasteiger charge is 1.90. The third kappa shape index (κ3) is 9.92. The third-order valence-electron chi connectivity index (χ3n) is 2.11. The molecule has 0 aromatic carbocycles. The van der Waals surface area contributed by atoms with Crippen LogP contribution in [0.15, 0.2) is 0 Å². The number of unbranched alkanes of at least 4 members (excludes halogenated alkanes) is 7. The Balaban J connectivity index is 2.73. The second-order valence-corrected chi connectivity index (χ2v) is 3.34. The number of rotatable bonds is 9. The van der Waals surface area contributed by atoms with E-state index in [2.05, 4.69) is 0 Å². The largest absolute Gasteiger partial charge is 0.396 e. The van der Waals surface area contributed by atoms with E-state index in [4.69, 9.17) is 10.8 Å². The molecule has 0 rings (SSSR count). The lowest BCUT2D eigenvalue weighted by Crippen LogP contribution is -1.97. The lowest BCUT2D eigenvalue weighted by molar-refractivity contribution is 0.282. The number of aliphatic hydroxyl groups is 1. The van der Waals surface area contributed by atoms with Crippen LogP contribution in [0.25, 0.3) is 0 Å². The van der Waals surface area contributed by atoms with Crippen molar-refractivity contribution in [3.05, 3.63) is 0 Å². The summed E-state index contributed by atoms with van der Waals surface area (Å²) in [6.45, 7) is 1.19. The van der Waals surface area contributed by atoms with Gasteiger partial charge in [-0.15, -0.1) is 0 Å². The Bertz CT molecular complexity index is 66.2. The second kappa shape index (κ2) is 10.9. The van der Waals surface area contributed by atoms with Crippen molar-refractivity contribution in [1.29, 1.82) is 0 Å². The Morgan fingerprint density at radius 3 is 1.50 bits per heavy atom. The van der Waals surface area contributed by atoms with Crippen LogP contribution in [0.4, 0.5) is 0 Å². The number of hydrogen-bond acceptors (Lipinski definition) is 2. The topological polar surface area (TPSA) is 46.2 Å². The van der Waals surface area contributed by atoms with Gasteiger partial charge in [-0.2, -0.15) is 0 Å². The highest BCUT2D eigenvalue weighted by molar-refractivity contribution is 4.46. The summed E-state index contributed by atoms with van der Waals surface area (Å²) in [6, 6.07) is 0. The SMILES string of the molecule is NCCCCCCCCCCO. The Kier molecular flexibility index (Phi) is 10.8. The van der Waals surface area contributed by atoms with E-state index in [1.54, 1.807) is 0 Å². The minimum Gasteiger partial charge on any atom is -0.396 e. The highest BCUT2D eigenvalue weighted by atomic mass is 16.2. The summed E-state index contributed by atoms with van der Waals surface area (Å²) in [5, 5.41) is 8.53. The van der Waals surface area contributed by atoms with Crippen LogP contribution in [0.1, 0.15) is 51.4 Å². The lowest BCUT2D eigenvalue weighted by atomic mass is 10.1. The molecule has 74 valence electrons. The second-order valence-electron chi connectivity index (χ2n) is 3.34. The van der Waals surface area contributed by atoms with Crippen LogP contribution < -0.4 is 5.73 Å². The Hall–Kier alpha value is -0.0800. The molecule has 0 atom stereocenters. The molecule has 0 radical (unpaired) electrons. The minimum atomic E-state index is 0.354. The van der Waals surface area contributed by atoms with Crippen molar-refractivity contribution >= 4 is 0 Å². The number of aliphatic hydroxyl groups excluding tert-OH is 1. The van der Waals surface area contributed by atoms with Gasteiger partial charge < -0.3 is 10.8 Å². The van der Waals surface area contributed by atoms with E-state index in [0.29, 0.717) is 6.61 Å². The summed E-state index contributed by atoms with van der Waals surface area (Å²) >= 11 is 0. The maximum absolute atomic E-state index is 8.53. The molecule has 0 fully saturated rings. The molecule has 0 saturated carbocycles. The van der Waals surface area contributed by atoms with Gasteiger partial charge in [0, 0.05) is 6.61 Å². The van der Waals surface area contributed by atoms with Crippen LogP contribution >= 0.6 is 0 Å². The zero-order chi connectivity index (χ0) is 9.07. The number of nitrogens with two attached hydrogens (primary N) is 1. The van der Waals surface area contributed by atoms with Crippen molar-refractivity contribution in [3.63, 3.8) is 0 Å². The molecule has 0 unspecified atom stereocenters. The number of hydrogen-bond donors (Lipinski definition) is 2. The van der Waals surface area contributed by atoms with Crippen LogP contribution in [-0.2, 0) is 0 Å². The molecule has 2 heteroatoms. The first-order valence-electron chi connectivity index (χ1n) is 5.22. The van der Waals surface area contributed by atoms with Crippen molar-refractivity contribution in [2.24, 2.45) is 5.73 Å². The zero-order valence-electron chi connectivity index (χ0n) is 8.10. The van der Waals surface area contributed by atoms with Gasteiger partial charge in [0.2, 0.25) is 0 Å². The summed E-state index contributed by atoms with van der Waals surface area (Å²) in [7, 11) is 0. The molecular weight excluding hydrogens is 150 g/mol. The average molecular weight is 173 g/mol. The first-order chi connectivity index (χ1) is 5.91. The fourth-order valence-electron chi connectivity index (χ4n) is 1.32. The van der Waals surface area contributed by atoms with Gasteiger partial charge >= 0.3 is 0 Å². The van der Waals surface area contributed by atoms with Crippen LogP contribution in [0.2, 0.25) is 0 Å². The van der Waals surface area contributed by atoms with Gasteiger partial charge in [-0.1, -0.05) is 38.5 Å². The van der Waals surface area contributed by atoms with Gasteiger partial charge in [-0.3, -0.25) is 0 Å². The van der Waals surface area contributed by atoms with E-state index in [-0.39, 0.29) is 0 Å². The van der Waals surface area contributed by atoms with Gasteiger partial charge in [0.05, 0.1) is 0 Å². The first kappa shape index (κ1) is 11.9. The minimum absolute atomic E-state index is 0.354. The fourth-order valence-corrected chi connectivity index (χ4v) is 1.32. The molecule has 2 nitrogen and oxygen atoms in total. The maximum Gasteiger partial charge on any atom is 0.0431 e. The van der Waals surface area contributed by atoms with Crippen LogP contribution in [0.3, 0.4) is 0 Å². The molecule has 0 amide bonds. The highest BCUT2D eigenvalue weighted by Crippen LogP contribution is 2.07. The lowest BCUT2D eigenvalue weighted by Gasteiger charge is -1.99. The van der Waals surface area contributed by atoms with Gasteiger partial charge in [0.25, 0.3) is 0 Å². The Morgan fingerprint density at radius 1 is 0.667 bits per heavy atom. The van der Waals surface area contributed by atoms with Gasteiger partial charge in [-0.05, 0) is 19.4 Å². The van der Waals surface area contributed by atoms with Crippen molar-refractivity contribution < 1.29 is 5.11 Å². The Morgan fingerprint density at radius 2 is 1.08 bits per heavy atom. The van der Waals surface area contributed by atoms with Crippen molar-refractivity contribution in [1.82, 2.24) is 0 Å². The van der Waals surface area contributed by atoms with Crippen molar-refractivity contribution in [2.45, 2.75) is 51.4 Å². The molecule has 0 bridgehead atoms. The molecule has 0 heterocycles. The average Bonchev–Trinajstić information content (AvgIpc) is 2.10. The fraction of sp³-hybridized carbons (Fsp3) is 1.00. The van der Waals surface area contributed by atoms with Gasteiger partial charge in [-0.25, -0.2) is 0 Å². The van der Waals surface area contributed by atoms with Crippen molar-refractivity contribution in [2.75, 3.05) is 13.2 Å². The molecule has 0 saturated heterocycles. The third-order valence-corrected chi connectivity index (χ3v) is 2.11. The van der Waals surface area contributed by atoms with Gasteiger partial charge in [0.15, 0.2) is 0 Å². The van der Waals surface area contributed by atoms with E-state index in [1.807, 2.05) is 0 Å². The predicted octanol–water partition coefficient (Wildman–Crippen LogP) is 2.06. The molecule has 0 spiro atoms. The summed E-state index contributed by atoms with van der Waals surface area (Å²) in [5.41, 5.74) is 5.38. The quantitative estimate of drug-likeness (QED) is 0.524. The van der Waals surface area contributed by atoms with Crippen LogP contribution in [0, 0.1) is 0 Å². The normalized spacial score (nSPS) is 10.5. The van der Waals surface area contributed by atoms with Crippen LogP contribution in [-0.4, -0.2) is 18.3 Å². The summed E-state index contributed by atoms with van der Waals surface area (Å²) in [4.78, 5) is 0. The van der Waals surface area contributed by atoms with Crippen LogP contribution in [0.5, 0.6) is 0 Å². The van der Waals surface area contributed by atoms with E-state index >= 15 is 0 Å². The standard InChI is InChI=1S/C10H23NO/c11-9-7-5-3-1-2-4-6-8-10-12/h12H,1-11H2. The van der Waals surface area contributed by atoms with E-state index in [1.165, 1.54) is 44.9 Å². The molecule has 0 aliphatic carbocycles. The summed E-state index contributed by atoms with van der Waals surface area (Å²) < 4.78 is 0. The van der Waals surface area contributed by atoms with E-state index in [9.17, 15) is 0 Å². The van der Waals surface area contributed by atoms with Crippen molar-refractivity contribution in [3.8, 4) is 0 Å². The molecule has 0 aromatic rings. The Labute approximate surface area is 76.2 Å². The molecule has 0 aliphatic rings. The smallest absolute Gasteiger partial charge is 0.0431 e. The molecular formula is C10H23NO. The maximum atomic E-state index is 8.53. The van der Waals surface area contributed by atoms with E-state index < -0.39 is 0 Å². The first-order valence-corrected chi connectivity index (χ1v) is 5.22. The zero-order valence-corrected chi connectivity index (χ0v) is 8.10. The van der Waals surface area contributed by atoms with Gasteiger partial charge in [0.1, 0.15) is 0 Å². The molecule has 3 N–H and O–H groups in total. The monoisotopic (exact) mass is 173 g/mol. The summed E-state index contributed by atoms with van der Waals surface area (Å²) in [5.74, 6) is 0. The van der Waals surface area contributed by atoms with E-state index in [0.717, 1.165) is 13.0 Å².